The van der Waals surface area contributed by atoms with Crippen LogP contribution in [0.3, 0.4) is 0 Å². The van der Waals surface area contributed by atoms with Crippen molar-refractivity contribution >= 4 is 49.2 Å². The highest BCUT2D eigenvalue weighted by molar-refractivity contribution is 6.02. The number of nitrogens with one attached hydrogen (secondary N) is 5. The van der Waals surface area contributed by atoms with Gasteiger partial charge in [-0.15, -0.1) is 0 Å². The van der Waals surface area contributed by atoms with E-state index in [0.29, 0.717) is 0 Å². The fourth-order valence-electron chi connectivity index (χ4n) is 13.0. The van der Waals surface area contributed by atoms with Crippen molar-refractivity contribution in [2.24, 2.45) is 5.92 Å². The molecule has 1 saturated carbocycles. The standard InChI is InChI=1S/C38H41FN8.C33H33FN6.C2H6/c39-30-16-26(8-5-13-47-11-3-4-12-47)14-28(17-30)37-31-19-35(44-33(31)9-10-42-37)38-32-18-34(43-24-36(32)45-46-38)29-15-27(22-41-23-29)21-40-20-25-6-1-2-7-25;1-3-4-5-9-22(2)29-19-27-31(21-36-29)38-39-33(27)30-20-26-28(37-30)11-12-35-32(26)24-16-23(17-25(34)18-24)10-8-15-40-13-6-7-14-40;1-2/h9-10,14-19,22-25,40,44H,1-8,11-13,20-21H2,(H,45,46);3-5,9,11-12,16-21,37H,2,6-8,10,13-15H2,1H3,(H,38,39);1-2H3/b;4-3-,9-5-;. The van der Waals surface area contributed by atoms with Gasteiger partial charge in [0.15, 0.2) is 0 Å². The number of H-pyrrole nitrogens is 4. The van der Waals surface area contributed by atoms with E-state index >= 15 is 0 Å². The zero-order chi connectivity index (χ0) is 61.1. The van der Waals surface area contributed by atoms with Crippen LogP contribution in [0.5, 0.6) is 0 Å². The summed E-state index contributed by atoms with van der Waals surface area (Å²) in [6, 6.07) is 24.9. The van der Waals surface area contributed by atoms with Crippen LogP contribution in [0.2, 0.25) is 0 Å². The van der Waals surface area contributed by atoms with Gasteiger partial charge in [-0.2, -0.15) is 10.2 Å². The van der Waals surface area contributed by atoms with Crippen LogP contribution in [-0.4, -0.2) is 111 Å². The summed E-state index contributed by atoms with van der Waals surface area (Å²) < 4.78 is 29.7. The summed E-state index contributed by atoms with van der Waals surface area (Å²) in [4.78, 5) is 35.3. The van der Waals surface area contributed by atoms with Gasteiger partial charge in [0.2, 0.25) is 0 Å². The minimum atomic E-state index is -0.231. The Labute approximate surface area is 519 Å². The lowest BCUT2D eigenvalue weighted by molar-refractivity contribution is 0.334. The number of likely N-dealkylation sites (tertiary alicyclic amines) is 2. The Balaban J connectivity index is 0.000000170. The number of benzene rings is 2. The number of aromatic nitrogens is 11. The quantitative estimate of drug-likeness (QED) is 0.0463. The van der Waals surface area contributed by atoms with Crippen LogP contribution in [0.1, 0.15) is 107 Å². The van der Waals surface area contributed by atoms with Gasteiger partial charge in [0.25, 0.3) is 0 Å². The smallest absolute Gasteiger partial charge is 0.124 e. The first kappa shape index (κ1) is 60.5. The SMILES string of the molecule is C=C(/C=C\C=C/C)c1cc2c(-c3cc4c(-c5cc(F)cc(CCCN6CCCC6)c5)nccc4[nH]3)n[nH]c2cn1.CC.Fc1cc(CCCN2CCCC2)cc(-c2nccc3[nH]c(-c4n[nH]c5cnc(-c6cncc(CNCC7CCCC7)c6)cc45)cc23)c1. The molecule has 5 N–H and O–H groups in total. The molecule has 0 amide bonds. The second-order valence-corrected chi connectivity index (χ2v) is 23.8. The zero-order valence-corrected chi connectivity index (χ0v) is 51.5. The van der Waals surface area contributed by atoms with E-state index in [0.717, 1.165) is 186 Å². The molecule has 3 fully saturated rings. The Morgan fingerprint density at radius 1 is 0.573 bits per heavy atom. The summed E-state index contributed by atoms with van der Waals surface area (Å²) in [6.07, 6.45) is 33.0. The first-order valence-electron chi connectivity index (χ1n) is 32.1. The van der Waals surface area contributed by atoms with Gasteiger partial charge in [0, 0.05) is 80.6 Å². The normalized spacial score (nSPS) is 14.9. The van der Waals surface area contributed by atoms with Gasteiger partial charge in [-0.3, -0.25) is 35.1 Å². The third kappa shape index (κ3) is 14.4. The molecule has 3 aliphatic rings. The summed E-state index contributed by atoms with van der Waals surface area (Å²) in [5.74, 6) is 0.340. The van der Waals surface area contributed by atoms with E-state index in [-0.39, 0.29) is 11.6 Å². The predicted octanol–water partition coefficient (Wildman–Crippen LogP) is 16.2. The molecule has 0 atom stereocenters. The van der Waals surface area contributed by atoms with Gasteiger partial charge >= 0.3 is 0 Å². The Hall–Kier alpha value is -8.83. The lowest BCUT2D eigenvalue weighted by atomic mass is 10.0. The van der Waals surface area contributed by atoms with Crippen molar-refractivity contribution in [1.82, 2.24) is 70.4 Å². The summed E-state index contributed by atoms with van der Waals surface area (Å²) in [5.41, 5.74) is 16.5. The molecule has 2 aliphatic heterocycles. The molecule has 0 radical (unpaired) electrons. The topological polar surface area (TPSA) is 172 Å². The maximum atomic E-state index is 14.9. The zero-order valence-electron chi connectivity index (χ0n) is 51.5. The third-order valence-electron chi connectivity index (χ3n) is 17.5. The van der Waals surface area contributed by atoms with E-state index in [1.54, 1.807) is 42.9 Å². The molecule has 16 heteroatoms. The van der Waals surface area contributed by atoms with E-state index in [1.165, 1.54) is 77.5 Å². The lowest BCUT2D eigenvalue weighted by Gasteiger charge is -2.14. The molecule has 456 valence electrons. The molecule has 11 aromatic rings. The fraction of sp³-hybridized carbons (Fsp3) is 0.329. The Kier molecular flexibility index (Phi) is 19.4. The number of fused-ring (bicyclic) bond motifs is 4. The number of aryl methyl sites for hydroxylation is 2. The van der Waals surface area contributed by atoms with Crippen molar-refractivity contribution in [2.45, 2.75) is 104 Å². The van der Waals surface area contributed by atoms with Crippen molar-refractivity contribution in [2.75, 3.05) is 45.8 Å². The molecule has 2 saturated heterocycles. The largest absolute Gasteiger partial charge is 0.353 e. The van der Waals surface area contributed by atoms with Crippen molar-refractivity contribution in [1.29, 1.82) is 0 Å². The molecule has 11 heterocycles. The minimum absolute atomic E-state index is 0.227. The maximum Gasteiger partial charge on any atom is 0.124 e. The summed E-state index contributed by atoms with van der Waals surface area (Å²) in [7, 11) is 0. The van der Waals surface area contributed by atoms with Gasteiger partial charge in [-0.25, -0.2) is 8.78 Å². The van der Waals surface area contributed by atoms with Gasteiger partial charge < -0.3 is 25.1 Å². The van der Waals surface area contributed by atoms with Crippen molar-refractivity contribution in [3.05, 3.63) is 181 Å². The van der Waals surface area contributed by atoms with Gasteiger partial charge in [0.05, 0.1) is 57.6 Å². The average Bonchev–Trinajstić information content (AvgIpc) is 2.32. The van der Waals surface area contributed by atoms with Crippen LogP contribution in [0, 0.1) is 17.6 Å². The van der Waals surface area contributed by atoms with Gasteiger partial charge in [0.1, 0.15) is 23.0 Å². The molecule has 14 nitrogen and oxygen atoms in total. The molecule has 0 bridgehead atoms. The molecule has 2 aromatic carbocycles. The molecule has 89 heavy (non-hydrogen) atoms. The van der Waals surface area contributed by atoms with Crippen LogP contribution < -0.4 is 5.32 Å². The summed E-state index contributed by atoms with van der Waals surface area (Å²) in [5, 5.41) is 22.9. The highest BCUT2D eigenvalue weighted by Gasteiger charge is 2.21. The number of hydrogen-bond donors (Lipinski definition) is 5. The van der Waals surface area contributed by atoms with E-state index < -0.39 is 0 Å². The van der Waals surface area contributed by atoms with Crippen LogP contribution in [0.15, 0.2) is 147 Å². The van der Waals surface area contributed by atoms with Crippen molar-refractivity contribution in [3.8, 4) is 56.5 Å². The van der Waals surface area contributed by atoms with Crippen LogP contribution >= 0.6 is 0 Å². The summed E-state index contributed by atoms with van der Waals surface area (Å²) >= 11 is 0. The van der Waals surface area contributed by atoms with E-state index in [9.17, 15) is 8.78 Å². The van der Waals surface area contributed by atoms with Crippen LogP contribution in [0.4, 0.5) is 8.78 Å². The van der Waals surface area contributed by atoms with E-state index in [2.05, 4.69) is 97.3 Å². The first-order valence-corrected chi connectivity index (χ1v) is 32.1. The summed E-state index contributed by atoms with van der Waals surface area (Å²) in [6.45, 7) is 18.9. The number of hydrogen-bond acceptors (Lipinski definition) is 10. The molecule has 1 aliphatic carbocycles. The second-order valence-electron chi connectivity index (χ2n) is 23.8. The van der Waals surface area contributed by atoms with Crippen LogP contribution in [-0.2, 0) is 19.4 Å². The fourth-order valence-corrected chi connectivity index (χ4v) is 13.0. The highest BCUT2D eigenvalue weighted by Crippen LogP contribution is 2.37. The van der Waals surface area contributed by atoms with Crippen molar-refractivity contribution < 1.29 is 8.78 Å². The molecule has 14 rings (SSSR count). The number of halogens is 2. The Bertz CT molecular complexity index is 4280. The maximum absolute atomic E-state index is 14.9. The second kappa shape index (κ2) is 28.6. The molecular formula is C73H80F2N14. The Morgan fingerprint density at radius 3 is 1.69 bits per heavy atom. The first-order chi connectivity index (χ1) is 43.7. The highest BCUT2D eigenvalue weighted by atomic mass is 19.1. The minimum Gasteiger partial charge on any atom is -0.353 e. The number of aromatic amines is 4. The monoisotopic (exact) mass is 1190 g/mol. The molecule has 0 unspecified atom stereocenters. The number of rotatable bonds is 20. The van der Waals surface area contributed by atoms with Crippen molar-refractivity contribution in [3.63, 3.8) is 0 Å². The molecule has 9 aromatic heterocycles. The van der Waals surface area contributed by atoms with E-state index in [1.807, 2.05) is 87.9 Å². The van der Waals surface area contributed by atoms with E-state index in [4.69, 9.17) is 9.97 Å². The lowest BCUT2D eigenvalue weighted by Crippen LogP contribution is -2.20. The number of pyridine rings is 5. The van der Waals surface area contributed by atoms with Gasteiger partial charge in [-0.05, 0) is 224 Å². The molecular weight excluding hydrogens is 1110 g/mol. The van der Waals surface area contributed by atoms with Gasteiger partial charge in [-0.1, -0.05) is 57.6 Å². The van der Waals surface area contributed by atoms with Crippen LogP contribution in [0.25, 0.3) is 106 Å². The number of nitrogens with zero attached hydrogens (tertiary/aromatic N) is 9. The average molecular weight is 1190 g/mol. The molecule has 0 spiro atoms. The third-order valence-corrected chi connectivity index (χ3v) is 17.5. The predicted molar refractivity (Wildman–Crippen MR) is 358 cm³/mol. The Morgan fingerprint density at radius 2 is 1.11 bits per heavy atom. The number of allylic oxidation sites excluding steroid dienone is 5.